The summed E-state index contributed by atoms with van der Waals surface area (Å²) in [6.07, 6.45) is 4.22. The fourth-order valence-electron chi connectivity index (χ4n) is 1.64. The molecule has 1 atom stereocenters. The standard InChI is InChI=1S/C13H24N4O/c1-5-17-9-11(8-15-17)13(18)16(4)7-6-12(14)10(2)3/h8-10,12H,5-7,14H2,1-4H3. The second-order valence-electron chi connectivity index (χ2n) is 5.01. The fraction of sp³-hybridized carbons (Fsp3) is 0.692. The molecule has 5 heteroatoms. The predicted molar refractivity (Wildman–Crippen MR) is 72.3 cm³/mol. The third-order valence-corrected chi connectivity index (χ3v) is 3.21. The van der Waals surface area contributed by atoms with Gasteiger partial charge in [0.15, 0.2) is 0 Å². The van der Waals surface area contributed by atoms with Crippen LogP contribution in [0.4, 0.5) is 0 Å². The first-order valence-electron chi connectivity index (χ1n) is 6.49. The normalized spacial score (nSPS) is 12.8. The third kappa shape index (κ3) is 3.84. The van der Waals surface area contributed by atoms with Crippen molar-refractivity contribution in [2.45, 2.75) is 39.8 Å². The molecule has 1 heterocycles. The number of rotatable bonds is 6. The van der Waals surface area contributed by atoms with Crippen LogP contribution in [0.2, 0.25) is 0 Å². The molecule has 1 rings (SSSR count). The summed E-state index contributed by atoms with van der Waals surface area (Å²) < 4.78 is 1.75. The Bertz CT molecular complexity index is 386. The number of aromatic nitrogens is 2. The van der Waals surface area contributed by atoms with E-state index in [4.69, 9.17) is 5.73 Å². The van der Waals surface area contributed by atoms with Gasteiger partial charge in [0.1, 0.15) is 0 Å². The van der Waals surface area contributed by atoms with E-state index in [0.29, 0.717) is 18.0 Å². The molecule has 2 N–H and O–H groups in total. The zero-order valence-electron chi connectivity index (χ0n) is 11.8. The lowest BCUT2D eigenvalue weighted by Crippen LogP contribution is -2.34. The summed E-state index contributed by atoms with van der Waals surface area (Å²) in [5.41, 5.74) is 6.61. The Hall–Kier alpha value is -1.36. The second kappa shape index (κ2) is 6.54. The first-order chi connectivity index (χ1) is 8.45. The summed E-state index contributed by atoms with van der Waals surface area (Å²) in [4.78, 5) is 13.8. The molecule has 0 saturated heterocycles. The summed E-state index contributed by atoms with van der Waals surface area (Å²) in [5.74, 6) is 0.446. The average molecular weight is 252 g/mol. The molecule has 5 nitrogen and oxygen atoms in total. The van der Waals surface area contributed by atoms with Crippen molar-refractivity contribution < 1.29 is 4.79 Å². The van der Waals surface area contributed by atoms with Crippen molar-refractivity contribution in [2.75, 3.05) is 13.6 Å². The van der Waals surface area contributed by atoms with E-state index in [2.05, 4.69) is 18.9 Å². The Morgan fingerprint density at radius 2 is 2.22 bits per heavy atom. The highest BCUT2D eigenvalue weighted by molar-refractivity contribution is 5.93. The van der Waals surface area contributed by atoms with Gasteiger partial charge in [-0.25, -0.2) is 0 Å². The minimum Gasteiger partial charge on any atom is -0.342 e. The number of carbonyl (C=O) groups excluding carboxylic acids is 1. The van der Waals surface area contributed by atoms with Crippen LogP contribution in [0.15, 0.2) is 12.4 Å². The van der Waals surface area contributed by atoms with Gasteiger partial charge in [0.25, 0.3) is 5.91 Å². The number of hydrogen-bond acceptors (Lipinski definition) is 3. The number of aryl methyl sites for hydroxylation is 1. The minimum absolute atomic E-state index is 0.00524. The second-order valence-corrected chi connectivity index (χ2v) is 5.01. The Morgan fingerprint density at radius 1 is 1.56 bits per heavy atom. The Morgan fingerprint density at radius 3 is 2.72 bits per heavy atom. The van der Waals surface area contributed by atoms with Crippen molar-refractivity contribution in [2.24, 2.45) is 11.7 Å². The highest BCUT2D eigenvalue weighted by Crippen LogP contribution is 2.07. The molecule has 1 aromatic rings. The summed E-state index contributed by atoms with van der Waals surface area (Å²) in [7, 11) is 1.80. The first kappa shape index (κ1) is 14.7. The monoisotopic (exact) mass is 252 g/mol. The topological polar surface area (TPSA) is 64.2 Å². The summed E-state index contributed by atoms with van der Waals surface area (Å²) in [6, 6.07) is 0.138. The van der Waals surface area contributed by atoms with Gasteiger partial charge >= 0.3 is 0 Å². The van der Waals surface area contributed by atoms with Gasteiger partial charge in [0, 0.05) is 32.4 Å². The molecule has 18 heavy (non-hydrogen) atoms. The molecule has 0 aliphatic carbocycles. The van der Waals surface area contributed by atoms with E-state index in [-0.39, 0.29) is 11.9 Å². The van der Waals surface area contributed by atoms with Crippen LogP contribution in [0.5, 0.6) is 0 Å². The van der Waals surface area contributed by atoms with Gasteiger partial charge in [-0.2, -0.15) is 5.10 Å². The van der Waals surface area contributed by atoms with Gasteiger partial charge in [-0.05, 0) is 19.3 Å². The van der Waals surface area contributed by atoms with Gasteiger partial charge in [-0.1, -0.05) is 13.8 Å². The molecule has 0 bridgehead atoms. The van der Waals surface area contributed by atoms with Crippen LogP contribution in [0, 0.1) is 5.92 Å². The molecular formula is C13H24N4O. The maximum Gasteiger partial charge on any atom is 0.256 e. The van der Waals surface area contributed by atoms with Crippen LogP contribution >= 0.6 is 0 Å². The van der Waals surface area contributed by atoms with E-state index in [9.17, 15) is 4.79 Å². The average Bonchev–Trinajstić information content (AvgIpc) is 2.82. The van der Waals surface area contributed by atoms with E-state index < -0.39 is 0 Å². The molecule has 102 valence electrons. The van der Waals surface area contributed by atoms with Gasteiger partial charge in [-0.15, -0.1) is 0 Å². The van der Waals surface area contributed by atoms with Crippen LogP contribution in [-0.2, 0) is 6.54 Å². The van der Waals surface area contributed by atoms with E-state index in [1.165, 1.54) is 0 Å². The molecule has 0 aliphatic rings. The Kier molecular flexibility index (Phi) is 5.34. The number of nitrogens with two attached hydrogens (primary N) is 1. The number of nitrogens with zero attached hydrogens (tertiary/aromatic N) is 3. The Balaban J connectivity index is 2.51. The Labute approximate surface area is 109 Å². The van der Waals surface area contributed by atoms with E-state index >= 15 is 0 Å². The highest BCUT2D eigenvalue weighted by atomic mass is 16.2. The van der Waals surface area contributed by atoms with Crippen molar-refractivity contribution in [1.29, 1.82) is 0 Å². The molecule has 0 saturated carbocycles. The molecule has 0 aliphatic heterocycles. The lowest BCUT2D eigenvalue weighted by atomic mass is 10.0. The van der Waals surface area contributed by atoms with Crippen LogP contribution in [-0.4, -0.2) is 40.2 Å². The van der Waals surface area contributed by atoms with Crippen molar-refractivity contribution in [1.82, 2.24) is 14.7 Å². The van der Waals surface area contributed by atoms with E-state index in [1.807, 2.05) is 6.92 Å². The fourth-order valence-corrected chi connectivity index (χ4v) is 1.64. The zero-order chi connectivity index (χ0) is 13.7. The number of hydrogen-bond donors (Lipinski definition) is 1. The first-order valence-corrected chi connectivity index (χ1v) is 6.49. The molecule has 0 fully saturated rings. The van der Waals surface area contributed by atoms with E-state index in [1.54, 1.807) is 29.0 Å². The van der Waals surface area contributed by atoms with Crippen molar-refractivity contribution in [3.63, 3.8) is 0 Å². The lowest BCUT2D eigenvalue weighted by Gasteiger charge is -2.21. The molecule has 1 amide bonds. The largest absolute Gasteiger partial charge is 0.342 e. The van der Waals surface area contributed by atoms with Gasteiger partial charge < -0.3 is 10.6 Å². The van der Waals surface area contributed by atoms with Gasteiger partial charge in [0.05, 0.1) is 11.8 Å². The van der Waals surface area contributed by atoms with Crippen molar-refractivity contribution in [3.05, 3.63) is 18.0 Å². The summed E-state index contributed by atoms with van der Waals surface area (Å²) in [6.45, 7) is 7.63. The van der Waals surface area contributed by atoms with Crippen LogP contribution in [0.25, 0.3) is 0 Å². The maximum atomic E-state index is 12.1. The third-order valence-electron chi connectivity index (χ3n) is 3.21. The SMILES string of the molecule is CCn1cc(C(=O)N(C)CCC(N)C(C)C)cn1. The molecule has 1 unspecified atom stereocenters. The summed E-state index contributed by atoms with van der Waals surface area (Å²) >= 11 is 0. The van der Waals surface area contributed by atoms with Crippen LogP contribution in [0.3, 0.4) is 0 Å². The predicted octanol–water partition coefficient (Wildman–Crippen LogP) is 1.35. The van der Waals surface area contributed by atoms with Gasteiger partial charge in [-0.3, -0.25) is 9.48 Å². The molecular weight excluding hydrogens is 228 g/mol. The molecule has 0 aromatic carbocycles. The molecule has 1 aromatic heterocycles. The minimum atomic E-state index is 0.00524. The maximum absolute atomic E-state index is 12.1. The van der Waals surface area contributed by atoms with E-state index in [0.717, 1.165) is 13.0 Å². The highest BCUT2D eigenvalue weighted by Gasteiger charge is 2.15. The van der Waals surface area contributed by atoms with Crippen molar-refractivity contribution in [3.8, 4) is 0 Å². The van der Waals surface area contributed by atoms with Gasteiger partial charge in [0.2, 0.25) is 0 Å². The van der Waals surface area contributed by atoms with Crippen molar-refractivity contribution >= 4 is 5.91 Å². The quantitative estimate of drug-likeness (QED) is 0.831. The zero-order valence-corrected chi connectivity index (χ0v) is 11.8. The summed E-state index contributed by atoms with van der Waals surface area (Å²) in [5, 5.41) is 4.11. The molecule has 0 radical (unpaired) electrons. The van der Waals surface area contributed by atoms with Crippen LogP contribution < -0.4 is 5.73 Å². The van der Waals surface area contributed by atoms with Crippen LogP contribution in [0.1, 0.15) is 37.6 Å². The lowest BCUT2D eigenvalue weighted by molar-refractivity contribution is 0.0789. The number of carbonyl (C=O) groups is 1. The number of amides is 1. The molecule has 0 spiro atoms. The smallest absolute Gasteiger partial charge is 0.256 e.